The van der Waals surface area contributed by atoms with E-state index >= 15 is 0 Å². The van der Waals surface area contributed by atoms with Crippen LogP contribution in [0.15, 0.2) is 0 Å². The maximum Gasteiger partial charge on any atom is 0.338 e. The molecule has 49 heavy (non-hydrogen) atoms. The maximum atomic E-state index is 13.5. The van der Waals surface area contributed by atoms with Gasteiger partial charge >= 0.3 is 11.9 Å². The van der Waals surface area contributed by atoms with Crippen molar-refractivity contribution in [1.29, 1.82) is 0 Å². The van der Waals surface area contributed by atoms with E-state index in [-0.39, 0.29) is 31.7 Å². The number of carbonyl (C=O) groups excluding carboxylic acids is 2. The minimum absolute atomic E-state index is 0.0202. The summed E-state index contributed by atoms with van der Waals surface area (Å²) < 4.78 is 18.9. The lowest BCUT2D eigenvalue weighted by atomic mass is 9.49. The summed E-state index contributed by atoms with van der Waals surface area (Å²) in [6, 6.07) is -0.218. The van der Waals surface area contributed by atoms with Gasteiger partial charge in [0.1, 0.15) is 5.60 Å². The molecule has 3 heterocycles. The van der Waals surface area contributed by atoms with Crippen molar-refractivity contribution in [2.24, 2.45) is 46.8 Å². The summed E-state index contributed by atoms with van der Waals surface area (Å²) >= 11 is 0. The van der Waals surface area contributed by atoms with Crippen molar-refractivity contribution in [3.05, 3.63) is 0 Å². The van der Waals surface area contributed by atoms with Gasteiger partial charge < -0.3 is 44.8 Å². The molecule has 12 heteroatoms. The predicted molar refractivity (Wildman–Crippen MR) is 174 cm³/mol. The van der Waals surface area contributed by atoms with E-state index in [2.05, 4.69) is 11.8 Å². The third-order valence-electron chi connectivity index (χ3n) is 15.4. The molecule has 7 aliphatic rings. The zero-order valence-electron chi connectivity index (χ0n) is 30.2. The Labute approximate surface area is 289 Å². The van der Waals surface area contributed by atoms with Gasteiger partial charge in [0.05, 0.1) is 29.3 Å². The van der Waals surface area contributed by atoms with Crippen molar-refractivity contribution >= 4 is 11.9 Å². The molecule has 0 aromatic carbocycles. The average Bonchev–Trinajstić information content (AvgIpc) is 3.31. The van der Waals surface area contributed by atoms with Crippen LogP contribution in [0, 0.1) is 46.8 Å². The highest BCUT2D eigenvalue weighted by atomic mass is 16.7. The molecule has 0 aromatic heterocycles. The number of carbonyl (C=O) groups is 2. The van der Waals surface area contributed by atoms with Gasteiger partial charge in [0.2, 0.25) is 5.79 Å². The summed E-state index contributed by atoms with van der Waals surface area (Å²) in [4.78, 5) is 28.9. The monoisotopic (exact) mass is 693 g/mol. The van der Waals surface area contributed by atoms with E-state index in [0.29, 0.717) is 25.3 Å². The van der Waals surface area contributed by atoms with Crippen LogP contribution in [0.4, 0.5) is 0 Å². The summed E-state index contributed by atoms with van der Waals surface area (Å²) in [6.45, 7) is 13.8. The lowest BCUT2D eigenvalue weighted by Gasteiger charge is -2.64. The van der Waals surface area contributed by atoms with Gasteiger partial charge in [-0.1, -0.05) is 34.6 Å². The van der Waals surface area contributed by atoms with Crippen molar-refractivity contribution in [2.75, 3.05) is 13.1 Å². The summed E-state index contributed by atoms with van der Waals surface area (Å²) in [5, 5.41) is 73.4. The maximum absolute atomic E-state index is 13.5. The van der Waals surface area contributed by atoms with Crippen molar-refractivity contribution in [2.45, 2.75) is 158 Å². The van der Waals surface area contributed by atoms with Crippen molar-refractivity contribution in [1.82, 2.24) is 4.90 Å². The second-order valence-corrected chi connectivity index (χ2v) is 18.0. The standard InChI is InChI=1S/C37H59NO11/c1-8-19(4)30(41)48-29-27(40)26-20(17-38-16-18(3)10-11-24(38)34(26,7)44)21-15-35-28(36(21,29)45)22(39)14-23-32(35,5)13-12-25(37(23,46)49-35)47-31(42)33(6,43)9-2/h18-29,39-40,43-46H,8-17H2,1-7H3/t18-,19+,20-,21-,22+,23-,24-,25-,26+,27+,28+,29-,32-,33-,34+,35+,36-,37-/m0/s1. The smallest absolute Gasteiger partial charge is 0.338 e. The molecule has 1 spiro atoms. The second-order valence-electron chi connectivity index (χ2n) is 18.0. The molecule has 278 valence electrons. The normalized spacial score (nSPS) is 54.8. The van der Waals surface area contributed by atoms with Crippen molar-refractivity contribution in [3.63, 3.8) is 0 Å². The van der Waals surface area contributed by atoms with Crippen molar-refractivity contribution in [3.8, 4) is 0 Å². The number of piperidine rings is 2. The van der Waals surface area contributed by atoms with E-state index in [0.717, 1.165) is 19.4 Å². The van der Waals surface area contributed by atoms with Crippen molar-refractivity contribution < 1.29 is 54.4 Å². The highest BCUT2D eigenvalue weighted by molar-refractivity contribution is 5.78. The van der Waals surface area contributed by atoms with Crippen LogP contribution in [-0.4, -0.2) is 119 Å². The molecule has 4 aliphatic carbocycles. The highest BCUT2D eigenvalue weighted by Crippen LogP contribution is 2.77. The molecule has 12 nitrogen and oxygen atoms in total. The fourth-order valence-electron chi connectivity index (χ4n) is 12.5. The van der Waals surface area contributed by atoms with Crippen LogP contribution in [0.1, 0.15) is 99.8 Å². The van der Waals surface area contributed by atoms with E-state index in [1.807, 2.05) is 13.8 Å². The molecule has 7 rings (SSSR count). The fraction of sp³-hybridized carbons (Fsp3) is 0.946. The predicted octanol–water partition coefficient (Wildman–Crippen LogP) is 1.49. The van der Waals surface area contributed by atoms with Gasteiger partial charge in [0.25, 0.3) is 0 Å². The number of aliphatic hydroxyl groups excluding tert-OH is 2. The van der Waals surface area contributed by atoms with Gasteiger partial charge in [0, 0.05) is 42.3 Å². The van der Waals surface area contributed by atoms with Crippen LogP contribution in [0.2, 0.25) is 0 Å². The quantitative estimate of drug-likeness (QED) is 0.221. The van der Waals surface area contributed by atoms with E-state index in [4.69, 9.17) is 14.2 Å². The molecule has 0 aromatic rings. The summed E-state index contributed by atoms with van der Waals surface area (Å²) in [7, 11) is 0. The van der Waals surface area contributed by atoms with Crippen LogP contribution < -0.4 is 0 Å². The highest BCUT2D eigenvalue weighted by Gasteiger charge is 2.87. The van der Waals surface area contributed by atoms with E-state index in [1.54, 1.807) is 20.8 Å². The average molecular weight is 694 g/mol. The molecule has 7 fully saturated rings. The van der Waals surface area contributed by atoms with Gasteiger partial charge in [-0.3, -0.25) is 9.69 Å². The van der Waals surface area contributed by atoms with Crippen LogP contribution in [0.25, 0.3) is 0 Å². The lowest BCUT2D eigenvalue weighted by molar-refractivity contribution is -0.300. The fourth-order valence-corrected chi connectivity index (χ4v) is 12.5. The zero-order valence-corrected chi connectivity index (χ0v) is 30.2. The number of rotatable bonds is 6. The number of esters is 2. The Morgan fingerprint density at radius 2 is 1.76 bits per heavy atom. The number of nitrogens with zero attached hydrogens (tertiary/aromatic N) is 1. The Hall–Kier alpha value is -1.38. The molecule has 4 saturated carbocycles. The van der Waals surface area contributed by atoms with Crippen LogP contribution in [0.3, 0.4) is 0 Å². The van der Waals surface area contributed by atoms with Gasteiger partial charge in [-0.25, -0.2) is 4.79 Å². The van der Waals surface area contributed by atoms with Crippen LogP contribution in [0.5, 0.6) is 0 Å². The first-order valence-corrected chi connectivity index (χ1v) is 18.9. The molecular weight excluding hydrogens is 634 g/mol. The molecule has 4 bridgehead atoms. The Kier molecular flexibility index (Phi) is 8.31. The molecule has 18 atom stereocenters. The molecular formula is C37H59NO11. The van der Waals surface area contributed by atoms with E-state index in [1.165, 1.54) is 6.92 Å². The first-order chi connectivity index (χ1) is 22.7. The lowest BCUT2D eigenvalue weighted by Crippen LogP contribution is -2.77. The largest absolute Gasteiger partial charge is 0.456 e. The summed E-state index contributed by atoms with van der Waals surface area (Å²) in [5.74, 6) is -7.17. The number of fused-ring (bicyclic) bond motifs is 5. The van der Waals surface area contributed by atoms with Gasteiger partial charge in [-0.2, -0.15) is 0 Å². The van der Waals surface area contributed by atoms with Gasteiger partial charge in [-0.05, 0) is 83.0 Å². The van der Waals surface area contributed by atoms with E-state index < -0.39 is 105 Å². The Bertz CT molecular complexity index is 1360. The topological polar surface area (TPSA) is 186 Å². The Morgan fingerprint density at radius 3 is 2.41 bits per heavy atom. The second kappa shape index (κ2) is 11.3. The first-order valence-electron chi connectivity index (χ1n) is 18.9. The minimum atomic E-state index is -2.02. The van der Waals surface area contributed by atoms with Gasteiger partial charge in [0.15, 0.2) is 17.8 Å². The Balaban J connectivity index is 1.35. The number of hydrogen-bond donors (Lipinski definition) is 6. The first kappa shape index (κ1) is 36.0. The third kappa shape index (κ3) is 4.56. The molecule has 0 amide bonds. The molecule has 0 radical (unpaired) electrons. The SMILES string of the molecule is CC[C@@H](C)C(=O)O[C@H]1[C@H](O)[C@H]2[C@@H](CN3C[C@@H](C)CC[C@H]3[C@@]2(C)O)[C@@H]2C[C@]34O[C@]5(O)[C@@H](OC(=O)[C@@](C)(O)CC)CC[C@@]3(C)[C@@H]5C[C@@H](O)[C@H]4[C@@]21O. The van der Waals surface area contributed by atoms with E-state index in [9.17, 15) is 40.2 Å². The zero-order chi connectivity index (χ0) is 35.9. The molecule has 3 saturated heterocycles. The summed E-state index contributed by atoms with van der Waals surface area (Å²) in [6.07, 6.45) is -2.06. The third-order valence-corrected chi connectivity index (χ3v) is 15.4. The van der Waals surface area contributed by atoms with Gasteiger partial charge in [-0.15, -0.1) is 0 Å². The Morgan fingerprint density at radius 1 is 1.06 bits per heavy atom. The molecule has 0 unspecified atom stereocenters. The van der Waals surface area contributed by atoms with Crippen LogP contribution >= 0.6 is 0 Å². The number of aliphatic hydroxyl groups is 6. The number of ether oxygens (including phenoxy) is 3. The van der Waals surface area contributed by atoms with Crippen LogP contribution in [-0.2, 0) is 23.8 Å². The summed E-state index contributed by atoms with van der Waals surface area (Å²) in [5.41, 5.74) is -7.23. The number of hydrogen-bond acceptors (Lipinski definition) is 12. The molecule has 3 aliphatic heterocycles. The molecule has 6 N–H and O–H groups in total. The minimum Gasteiger partial charge on any atom is -0.456 e.